The van der Waals surface area contributed by atoms with Crippen molar-refractivity contribution in [2.75, 3.05) is 5.32 Å². The number of hydrogen-bond donors (Lipinski definition) is 2. The summed E-state index contributed by atoms with van der Waals surface area (Å²) in [7, 11) is 0. The van der Waals surface area contributed by atoms with Crippen LogP contribution in [0.1, 0.15) is 50.6 Å². The molecule has 0 spiro atoms. The van der Waals surface area contributed by atoms with Gasteiger partial charge in [0, 0.05) is 12.1 Å². The quantitative estimate of drug-likeness (QED) is 0.787. The minimum absolute atomic E-state index is 0.0333. The molecule has 2 N–H and O–H groups in total. The van der Waals surface area contributed by atoms with Crippen LogP contribution in [-0.2, 0) is 11.2 Å². The summed E-state index contributed by atoms with van der Waals surface area (Å²) in [5.74, 6) is 1.16. The van der Waals surface area contributed by atoms with E-state index in [1.54, 1.807) is 0 Å². The molecule has 1 amide bonds. The number of nitrogens with zero attached hydrogens (tertiary/aromatic N) is 2. The van der Waals surface area contributed by atoms with Gasteiger partial charge in [0.1, 0.15) is 5.82 Å². The van der Waals surface area contributed by atoms with E-state index in [1.807, 2.05) is 32.9 Å². The molecule has 0 radical (unpaired) electrons. The van der Waals surface area contributed by atoms with Crippen LogP contribution in [0.25, 0.3) is 0 Å². The highest BCUT2D eigenvalue weighted by atomic mass is 32.2. The first-order valence-electron chi connectivity index (χ1n) is 7.90. The molecular weight excluding hydrogens is 308 g/mol. The first kappa shape index (κ1) is 17.5. The van der Waals surface area contributed by atoms with Gasteiger partial charge in [0.15, 0.2) is 0 Å². The lowest BCUT2D eigenvalue weighted by molar-refractivity contribution is -0.115. The first-order valence-corrected chi connectivity index (χ1v) is 8.78. The molecular formula is C17H24N4OS. The zero-order valence-electron chi connectivity index (χ0n) is 14.3. The predicted molar refractivity (Wildman–Crippen MR) is 95.0 cm³/mol. The fourth-order valence-corrected chi connectivity index (χ4v) is 3.01. The second-order valence-electron chi connectivity index (χ2n) is 5.86. The Hall–Kier alpha value is -1.82. The number of rotatable bonds is 6. The van der Waals surface area contributed by atoms with Crippen molar-refractivity contribution in [2.45, 2.75) is 57.4 Å². The maximum atomic E-state index is 12.5. The number of carbonyl (C=O) groups is 1. The number of thioether (sulfide) groups is 1. The van der Waals surface area contributed by atoms with E-state index in [0.29, 0.717) is 11.1 Å². The van der Waals surface area contributed by atoms with Crippen LogP contribution in [0, 0.1) is 6.92 Å². The average Bonchev–Trinajstić information content (AvgIpc) is 2.96. The third-order valence-electron chi connectivity index (χ3n) is 3.67. The Morgan fingerprint density at radius 1 is 1.35 bits per heavy atom. The highest BCUT2D eigenvalue weighted by Crippen LogP contribution is 2.28. The summed E-state index contributed by atoms with van der Waals surface area (Å²) in [5, 5.41) is 10.4. The predicted octanol–water partition coefficient (Wildman–Crippen LogP) is 3.92. The standard InChI is InChI=1S/C17H24N4OS/c1-6-14-18-17(21-20-14)23-12(5)16(22)19-15-11(4)8-7-9-13(15)10(2)3/h7-10,12H,6H2,1-5H3,(H,19,22)(H,18,20,21). The lowest BCUT2D eigenvalue weighted by Gasteiger charge is -2.18. The Morgan fingerprint density at radius 2 is 2.09 bits per heavy atom. The van der Waals surface area contributed by atoms with Crippen molar-refractivity contribution in [2.24, 2.45) is 0 Å². The molecule has 1 aromatic carbocycles. The number of hydrogen-bond acceptors (Lipinski definition) is 4. The van der Waals surface area contributed by atoms with Crippen LogP contribution in [0.5, 0.6) is 0 Å². The van der Waals surface area contributed by atoms with Gasteiger partial charge in [0.2, 0.25) is 11.1 Å². The number of para-hydroxylation sites is 1. The van der Waals surface area contributed by atoms with Gasteiger partial charge in [-0.3, -0.25) is 9.89 Å². The maximum Gasteiger partial charge on any atom is 0.237 e. The summed E-state index contributed by atoms with van der Waals surface area (Å²) in [6, 6.07) is 6.11. The number of aromatic amines is 1. The number of anilines is 1. The average molecular weight is 332 g/mol. The minimum Gasteiger partial charge on any atom is -0.325 e. The largest absolute Gasteiger partial charge is 0.325 e. The highest BCUT2D eigenvalue weighted by Gasteiger charge is 2.19. The van der Waals surface area contributed by atoms with Gasteiger partial charge in [-0.2, -0.15) is 0 Å². The van der Waals surface area contributed by atoms with Crippen molar-refractivity contribution in [3.8, 4) is 0 Å². The van der Waals surface area contributed by atoms with E-state index in [4.69, 9.17) is 0 Å². The summed E-state index contributed by atoms with van der Waals surface area (Å²) in [4.78, 5) is 16.9. The van der Waals surface area contributed by atoms with E-state index in [-0.39, 0.29) is 11.2 Å². The van der Waals surface area contributed by atoms with Gasteiger partial charge < -0.3 is 5.32 Å². The third kappa shape index (κ3) is 4.34. The van der Waals surface area contributed by atoms with Crippen LogP contribution in [0.15, 0.2) is 23.4 Å². The zero-order valence-corrected chi connectivity index (χ0v) is 15.1. The molecule has 1 heterocycles. The van der Waals surface area contributed by atoms with Crippen LogP contribution >= 0.6 is 11.8 Å². The Labute approximate surface area is 141 Å². The molecule has 1 atom stereocenters. The molecule has 124 valence electrons. The van der Waals surface area contributed by atoms with E-state index in [2.05, 4.69) is 40.4 Å². The SMILES string of the molecule is CCc1nc(SC(C)C(=O)Nc2c(C)cccc2C(C)C)n[nH]1. The van der Waals surface area contributed by atoms with Gasteiger partial charge in [-0.25, -0.2) is 4.98 Å². The summed E-state index contributed by atoms with van der Waals surface area (Å²) < 4.78 is 0. The Kier molecular flexibility index (Phi) is 5.82. The van der Waals surface area contributed by atoms with E-state index in [1.165, 1.54) is 11.8 Å². The molecule has 1 unspecified atom stereocenters. The molecule has 5 nitrogen and oxygen atoms in total. The zero-order chi connectivity index (χ0) is 17.0. The Balaban J connectivity index is 2.09. The number of aryl methyl sites for hydroxylation is 2. The first-order chi connectivity index (χ1) is 10.9. The van der Waals surface area contributed by atoms with Crippen LogP contribution in [0.4, 0.5) is 5.69 Å². The molecule has 23 heavy (non-hydrogen) atoms. The third-order valence-corrected chi connectivity index (χ3v) is 4.63. The van der Waals surface area contributed by atoms with Gasteiger partial charge in [-0.05, 0) is 30.9 Å². The fourth-order valence-electron chi connectivity index (χ4n) is 2.27. The second kappa shape index (κ2) is 7.64. The maximum absolute atomic E-state index is 12.5. The molecule has 0 aliphatic heterocycles. The lowest BCUT2D eigenvalue weighted by Crippen LogP contribution is -2.24. The van der Waals surface area contributed by atoms with Crippen molar-refractivity contribution in [1.82, 2.24) is 15.2 Å². The smallest absolute Gasteiger partial charge is 0.237 e. The van der Waals surface area contributed by atoms with Crippen LogP contribution in [-0.4, -0.2) is 26.3 Å². The van der Waals surface area contributed by atoms with E-state index in [0.717, 1.165) is 29.1 Å². The van der Waals surface area contributed by atoms with Gasteiger partial charge in [0.05, 0.1) is 5.25 Å². The Bertz CT molecular complexity index is 681. The minimum atomic E-state index is -0.268. The van der Waals surface area contributed by atoms with E-state index < -0.39 is 0 Å². The molecule has 2 rings (SSSR count). The number of nitrogens with one attached hydrogen (secondary N) is 2. The molecule has 6 heteroatoms. The lowest BCUT2D eigenvalue weighted by atomic mass is 9.98. The Morgan fingerprint density at radius 3 is 2.70 bits per heavy atom. The van der Waals surface area contributed by atoms with Crippen molar-refractivity contribution in [3.05, 3.63) is 35.2 Å². The molecule has 0 aliphatic carbocycles. The van der Waals surface area contributed by atoms with E-state index >= 15 is 0 Å². The highest BCUT2D eigenvalue weighted by molar-refractivity contribution is 8.00. The molecule has 0 saturated heterocycles. The molecule has 1 aromatic heterocycles. The van der Waals surface area contributed by atoms with Crippen LogP contribution in [0.2, 0.25) is 0 Å². The normalized spacial score (nSPS) is 12.4. The summed E-state index contributed by atoms with van der Waals surface area (Å²) in [6.07, 6.45) is 0.801. The number of amides is 1. The van der Waals surface area contributed by atoms with Gasteiger partial charge in [-0.15, -0.1) is 5.10 Å². The molecule has 2 aromatic rings. The summed E-state index contributed by atoms with van der Waals surface area (Å²) in [5.41, 5.74) is 3.15. The summed E-state index contributed by atoms with van der Waals surface area (Å²) in [6.45, 7) is 10.2. The monoisotopic (exact) mass is 332 g/mol. The number of aromatic nitrogens is 3. The van der Waals surface area contributed by atoms with Crippen molar-refractivity contribution in [3.63, 3.8) is 0 Å². The molecule has 0 fully saturated rings. The van der Waals surface area contributed by atoms with Crippen molar-refractivity contribution < 1.29 is 4.79 Å². The van der Waals surface area contributed by atoms with Crippen LogP contribution in [0.3, 0.4) is 0 Å². The van der Waals surface area contributed by atoms with Gasteiger partial charge in [-0.1, -0.05) is 50.7 Å². The second-order valence-corrected chi connectivity index (χ2v) is 7.17. The topological polar surface area (TPSA) is 70.7 Å². The van der Waals surface area contributed by atoms with Crippen molar-refractivity contribution in [1.29, 1.82) is 0 Å². The van der Waals surface area contributed by atoms with Crippen LogP contribution < -0.4 is 5.32 Å². The molecule has 0 saturated carbocycles. The summed E-state index contributed by atoms with van der Waals surface area (Å²) >= 11 is 1.36. The molecule has 0 bridgehead atoms. The van der Waals surface area contributed by atoms with Gasteiger partial charge >= 0.3 is 0 Å². The fraction of sp³-hybridized carbons (Fsp3) is 0.471. The number of benzene rings is 1. The van der Waals surface area contributed by atoms with Gasteiger partial charge in [0.25, 0.3) is 0 Å². The van der Waals surface area contributed by atoms with E-state index in [9.17, 15) is 4.79 Å². The van der Waals surface area contributed by atoms with Crippen molar-refractivity contribution >= 4 is 23.4 Å². The molecule has 0 aliphatic rings. The number of carbonyl (C=O) groups excluding carboxylic acids is 1. The number of H-pyrrole nitrogens is 1.